The minimum Gasteiger partial charge on any atom is -0.506 e. The zero-order valence-electron chi connectivity index (χ0n) is 18.9. The Kier molecular flexibility index (Phi) is 5.54. The summed E-state index contributed by atoms with van der Waals surface area (Å²) in [6.45, 7) is 5.16. The molecule has 6 rings (SSSR count). The van der Waals surface area contributed by atoms with Crippen LogP contribution in [0.25, 0.3) is 0 Å². The first-order chi connectivity index (χ1) is 15.0. The van der Waals surface area contributed by atoms with Crippen molar-refractivity contribution in [3.63, 3.8) is 0 Å². The van der Waals surface area contributed by atoms with Crippen molar-refractivity contribution in [1.82, 2.24) is 0 Å². The molecule has 0 aromatic heterocycles. The minimum atomic E-state index is 0.262. The van der Waals surface area contributed by atoms with Gasteiger partial charge in [-0.3, -0.25) is 4.99 Å². The molecule has 164 valence electrons. The molecule has 0 heterocycles. The molecule has 3 heteroatoms. The molecule has 4 aliphatic carbocycles. The molecule has 0 spiro atoms. The highest BCUT2D eigenvalue weighted by molar-refractivity contribution is 5.83. The van der Waals surface area contributed by atoms with E-state index in [0.29, 0.717) is 17.0 Å². The van der Waals surface area contributed by atoms with Crippen LogP contribution >= 0.6 is 0 Å². The monoisotopic (exact) mass is 417 g/mol. The Hall–Kier alpha value is -2.29. The van der Waals surface area contributed by atoms with Crippen LogP contribution < -0.4 is 4.74 Å². The summed E-state index contributed by atoms with van der Waals surface area (Å²) in [6.07, 6.45) is 11.2. The van der Waals surface area contributed by atoms with Gasteiger partial charge in [-0.15, -0.1) is 0 Å². The zero-order chi connectivity index (χ0) is 21.4. The van der Waals surface area contributed by atoms with Crippen molar-refractivity contribution in [2.45, 2.75) is 64.2 Å². The number of nitrogens with zero attached hydrogens (tertiary/aromatic N) is 1. The maximum absolute atomic E-state index is 10.4. The number of hydrogen-bond acceptors (Lipinski definition) is 3. The first-order valence-electron chi connectivity index (χ1n) is 12.1. The van der Waals surface area contributed by atoms with Gasteiger partial charge in [-0.2, -0.15) is 0 Å². The standard InChI is InChI=1S/C28H35NO2/c1-19(2)9-10-31-25-6-3-20(4-7-25)18-29-26-14-24(5-8-27(26)30)28-15-21-11-22(16-28)13-23(12-21)17-28/h3-8,14,18-19,21-23,30H,9-13,15-17H2,1-2H3. The second-order valence-electron chi connectivity index (χ2n) is 10.8. The van der Waals surface area contributed by atoms with E-state index in [4.69, 9.17) is 4.74 Å². The van der Waals surface area contributed by atoms with E-state index < -0.39 is 0 Å². The lowest BCUT2D eigenvalue weighted by atomic mass is 9.48. The van der Waals surface area contributed by atoms with Crippen LogP contribution in [-0.4, -0.2) is 17.9 Å². The second-order valence-corrected chi connectivity index (χ2v) is 10.8. The molecule has 31 heavy (non-hydrogen) atoms. The molecule has 4 saturated carbocycles. The summed E-state index contributed by atoms with van der Waals surface area (Å²) in [7, 11) is 0. The van der Waals surface area contributed by atoms with Crippen molar-refractivity contribution in [3.05, 3.63) is 53.6 Å². The number of aromatic hydroxyl groups is 1. The van der Waals surface area contributed by atoms with Crippen molar-refractivity contribution in [3.8, 4) is 11.5 Å². The highest BCUT2D eigenvalue weighted by atomic mass is 16.5. The van der Waals surface area contributed by atoms with Gasteiger partial charge in [0.05, 0.1) is 6.61 Å². The van der Waals surface area contributed by atoms with Gasteiger partial charge >= 0.3 is 0 Å². The van der Waals surface area contributed by atoms with Gasteiger partial charge < -0.3 is 9.84 Å². The van der Waals surface area contributed by atoms with Crippen molar-refractivity contribution in [1.29, 1.82) is 0 Å². The van der Waals surface area contributed by atoms with E-state index in [9.17, 15) is 5.11 Å². The molecule has 0 amide bonds. The quantitative estimate of drug-likeness (QED) is 0.491. The molecule has 4 fully saturated rings. The largest absolute Gasteiger partial charge is 0.506 e. The first kappa shape index (κ1) is 20.6. The van der Waals surface area contributed by atoms with E-state index in [-0.39, 0.29) is 5.75 Å². The Bertz CT molecular complexity index is 909. The van der Waals surface area contributed by atoms with Gasteiger partial charge in [0.1, 0.15) is 17.2 Å². The van der Waals surface area contributed by atoms with E-state index in [1.807, 2.05) is 36.5 Å². The Balaban J connectivity index is 1.30. The van der Waals surface area contributed by atoms with Crippen molar-refractivity contribution >= 4 is 11.9 Å². The van der Waals surface area contributed by atoms with E-state index in [2.05, 4.69) is 31.0 Å². The molecule has 0 aliphatic heterocycles. The zero-order valence-corrected chi connectivity index (χ0v) is 18.9. The van der Waals surface area contributed by atoms with Gasteiger partial charge in [0.2, 0.25) is 0 Å². The maximum Gasteiger partial charge on any atom is 0.141 e. The molecule has 3 nitrogen and oxygen atoms in total. The molecule has 0 atom stereocenters. The number of hydrogen-bond donors (Lipinski definition) is 1. The fraction of sp³-hybridized carbons (Fsp3) is 0.536. The van der Waals surface area contributed by atoms with Crippen LogP contribution in [0.4, 0.5) is 5.69 Å². The Labute approximate surface area is 186 Å². The highest BCUT2D eigenvalue weighted by Gasteiger charge is 2.51. The molecule has 2 aromatic carbocycles. The summed E-state index contributed by atoms with van der Waals surface area (Å²) >= 11 is 0. The summed E-state index contributed by atoms with van der Waals surface area (Å²) in [5.41, 5.74) is 3.41. The Morgan fingerprint density at radius 3 is 2.26 bits per heavy atom. The highest BCUT2D eigenvalue weighted by Crippen LogP contribution is 2.61. The smallest absolute Gasteiger partial charge is 0.141 e. The van der Waals surface area contributed by atoms with Gasteiger partial charge in [0.15, 0.2) is 0 Å². The molecule has 4 aliphatic rings. The summed E-state index contributed by atoms with van der Waals surface area (Å²) in [4.78, 5) is 4.66. The molecule has 4 bridgehead atoms. The minimum absolute atomic E-state index is 0.262. The molecule has 1 N–H and O–H groups in total. The van der Waals surface area contributed by atoms with Crippen LogP contribution in [0.3, 0.4) is 0 Å². The number of phenols is 1. The van der Waals surface area contributed by atoms with Crippen molar-refractivity contribution in [2.24, 2.45) is 28.7 Å². The fourth-order valence-electron chi connectivity index (χ4n) is 6.63. The lowest BCUT2D eigenvalue weighted by molar-refractivity contribution is -0.00518. The normalized spacial score (nSPS) is 29.2. The van der Waals surface area contributed by atoms with Gasteiger partial charge in [-0.05, 0) is 122 Å². The van der Waals surface area contributed by atoms with Crippen LogP contribution in [0.5, 0.6) is 11.5 Å². The van der Waals surface area contributed by atoms with Gasteiger partial charge in [-0.1, -0.05) is 19.9 Å². The van der Waals surface area contributed by atoms with Crippen LogP contribution in [0.2, 0.25) is 0 Å². The Morgan fingerprint density at radius 1 is 1.00 bits per heavy atom. The van der Waals surface area contributed by atoms with E-state index in [1.165, 1.54) is 44.1 Å². The average molecular weight is 418 g/mol. The summed E-state index contributed by atoms with van der Waals surface area (Å²) in [5.74, 6) is 4.53. The van der Waals surface area contributed by atoms with Gasteiger partial charge in [0, 0.05) is 6.21 Å². The molecular formula is C28H35NO2. The van der Waals surface area contributed by atoms with Crippen LogP contribution in [0.15, 0.2) is 47.5 Å². The number of rotatable bonds is 7. The van der Waals surface area contributed by atoms with E-state index in [0.717, 1.165) is 42.1 Å². The van der Waals surface area contributed by atoms with Gasteiger partial charge in [-0.25, -0.2) is 0 Å². The molecule has 0 saturated heterocycles. The average Bonchev–Trinajstić information content (AvgIpc) is 2.73. The van der Waals surface area contributed by atoms with Gasteiger partial charge in [0.25, 0.3) is 0 Å². The molecule has 0 unspecified atom stereocenters. The predicted molar refractivity (Wildman–Crippen MR) is 127 cm³/mol. The fourth-order valence-corrected chi connectivity index (χ4v) is 6.63. The van der Waals surface area contributed by atoms with E-state index in [1.54, 1.807) is 0 Å². The third-order valence-corrected chi connectivity index (χ3v) is 7.82. The first-order valence-corrected chi connectivity index (χ1v) is 12.1. The molecule has 2 aromatic rings. The summed E-state index contributed by atoms with van der Waals surface area (Å²) < 4.78 is 5.80. The molecular weight excluding hydrogens is 382 g/mol. The Morgan fingerprint density at radius 2 is 1.65 bits per heavy atom. The van der Waals surface area contributed by atoms with Crippen LogP contribution in [-0.2, 0) is 5.41 Å². The third kappa shape index (κ3) is 4.37. The lowest BCUT2D eigenvalue weighted by Gasteiger charge is -2.57. The van der Waals surface area contributed by atoms with Crippen LogP contribution in [0, 0.1) is 23.7 Å². The number of aliphatic imine (C=N–C) groups is 1. The van der Waals surface area contributed by atoms with Crippen LogP contribution in [0.1, 0.15) is 69.9 Å². The predicted octanol–water partition coefficient (Wildman–Crippen LogP) is 7.04. The van der Waals surface area contributed by atoms with Crippen molar-refractivity contribution < 1.29 is 9.84 Å². The van der Waals surface area contributed by atoms with Crippen molar-refractivity contribution in [2.75, 3.05) is 6.61 Å². The number of benzene rings is 2. The SMILES string of the molecule is CC(C)CCOc1ccc(C=Nc2cc(C34CC5CC(CC(C5)C3)C4)ccc2O)cc1. The summed E-state index contributed by atoms with van der Waals surface area (Å²) in [5, 5.41) is 10.4. The third-order valence-electron chi connectivity index (χ3n) is 7.82. The molecule has 0 radical (unpaired) electrons. The number of ether oxygens (including phenoxy) is 1. The number of phenolic OH excluding ortho intramolecular Hbond substituents is 1. The maximum atomic E-state index is 10.4. The topological polar surface area (TPSA) is 41.8 Å². The lowest BCUT2D eigenvalue weighted by Crippen LogP contribution is -2.48. The summed E-state index contributed by atoms with van der Waals surface area (Å²) in [6, 6.07) is 14.2. The second kappa shape index (κ2) is 8.33. The van der Waals surface area contributed by atoms with E-state index >= 15 is 0 Å².